The molecular formula is C17H25BrO5. The average Bonchev–Trinajstić information content (AvgIpc) is 2.52. The van der Waals surface area contributed by atoms with E-state index in [9.17, 15) is 4.79 Å². The molecule has 6 heteroatoms. The summed E-state index contributed by atoms with van der Waals surface area (Å²) in [6.45, 7) is 9.25. The molecule has 0 saturated carbocycles. The SMILES string of the molecule is CCOC(=O)c1cc(OCC(OCC)OCC)cc(Br)c1CC. The lowest BCUT2D eigenvalue weighted by molar-refractivity contribution is -0.152. The molecule has 0 spiro atoms. The van der Waals surface area contributed by atoms with Crippen molar-refractivity contribution in [2.45, 2.75) is 40.4 Å². The molecule has 0 radical (unpaired) electrons. The molecule has 130 valence electrons. The van der Waals surface area contributed by atoms with Crippen LogP contribution in [0.1, 0.15) is 43.6 Å². The van der Waals surface area contributed by atoms with E-state index < -0.39 is 6.29 Å². The van der Waals surface area contributed by atoms with E-state index in [1.807, 2.05) is 26.8 Å². The number of hydrogen-bond donors (Lipinski definition) is 0. The lowest BCUT2D eigenvalue weighted by Gasteiger charge is -2.18. The van der Waals surface area contributed by atoms with Crippen molar-refractivity contribution in [2.75, 3.05) is 26.4 Å². The molecule has 0 atom stereocenters. The number of hydrogen-bond acceptors (Lipinski definition) is 5. The van der Waals surface area contributed by atoms with Gasteiger partial charge >= 0.3 is 5.97 Å². The van der Waals surface area contributed by atoms with Crippen molar-refractivity contribution in [1.82, 2.24) is 0 Å². The van der Waals surface area contributed by atoms with Gasteiger partial charge in [-0.1, -0.05) is 22.9 Å². The van der Waals surface area contributed by atoms with Gasteiger partial charge in [0.05, 0.1) is 12.2 Å². The molecule has 1 rings (SSSR count). The Morgan fingerprint density at radius 2 is 1.74 bits per heavy atom. The number of carbonyl (C=O) groups is 1. The van der Waals surface area contributed by atoms with E-state index in [0.29, 0.717) is 31.1 Å². The molecule has 0 amide bonds. The predicted molar refractivity (Wildman–Crippen MR) is 92.0 cm³/mol. The van der Waals surface area contributed by atoms with Gasteiger partial charge in [-0.2, -0.15) is 0 Å². The number of ether oxygens (including phenoxy) is 4. The van der Waals surface area contributed by atoms with Crippen molar-refractivity contribution < 1.29 is 23.7 Å². The molecule has 0 aliphatic heterocycles. The molecule has 0 N–H and O–H groups in total. The minimum Gasteiger partial charge on any atom is -0.488 e. The number of halogens is 1. The second-order valence-electron chi connectivity index (χ2n) is 4.66. The van der Waals surface area contributed by atoms with Crippen molar-refractivity contribution in [2.24, 2.45) is 0 Å². The van der Waals surface area contributed by atoms with Crippen LogP contribution in [0.2, 0.25) is 0 Å². The van der Waals surface area contributed by atoms with Crippen molar-refractivity contribution in [3.05, 3.63) is 27.7 Å². The molecule has 0 aliphatic rings. The summed E-state index contributed by atoms with van der Waals surface area (Å²) in [7, 11) is 0. The van der Waals surface area contributed by atoms with Crippen LogP contribution in [-0.4, -0.2) is 38.7 Å². The number of carbonyl (C=O) groups excluding carboxylic acids is 1. The monoisotopic (exact) mass is 388 g/mol. The highest BCUT2D eigenvalue weighted by molar-refractivity contribution is 9.10. The van der Waals surface area contributed by atoms with E-state index in [1.165, 1.54) is 0 Å². The Bertz CT molecular complexity index is 498. The number of rotatable bonds is 10. The van der Waals surface area contributed by atoms with E-state index in [-0.39, 0.29) is 12.6 Å². The predicted octanol–water partition coefficient (Wildman–Crippen LogP) is 3.97. The van der Waals surface area contributed by atoms with Crippen LogP contribution in [-0.2, 0) is 20.6 Å². The summed E-state index contributed by atoms with van der Waals surface area (Å²) in [4.78, 5) is 12.1. The third-order valence-corrected chi connectivity index (χ3v) is 3.82. The highest BCUT2D eigenvalue weighted by atomic mass is 79.9. The smallest absolute Gasteiger partial charge is 0.338 e. The van der Waals surface area contributed by atoms with E-state index in [1.54, 1.807) is 13.0 Å². The average molecular weight is 389 g/mol. The molecule has 0 aromatic heterocycles. The summed E-state index contributed by atoms with van der Waals surface area (Å²) in [5.41, 5.74) is 1.42. The van der Waals surface area contributed by atoms with E-state index in [0.717, 1.165) is 16.5 Å². The third kappa shape index (κ3) is 6.12. The van der Waals surface area contributed by atoms with Crippen LogP contribution in [0.3, 0.4) is 0 Å². The minimum atomic E-state index is -0.430. The Morgan fingerprint density at radius 3 is 2.26 bits per heavy atom. The molecular weight excluding hydrogens is 364 g/mol. The summed E-state index contributed by atoms with van der Waals surface area (Å²) in [5, 5.41) is 0. The third-order valence-electron chi connectivity index (χ3n) is 3.11. The second-order valence-corrected chi connectivity index (χ2v) is 5.51. The van der Waals surface area contributed by atoms with Crippen molar-refractivity contribution >= 4 is 21.9 Å². The normalized spacial score (nSPS) is 10.9. The molecule has 0 bridgehead atoms. The van der Waals surface area contributed by atoms with Gasteiger partial charge in [-0.25, -0.2) is 4.79 Å². The van der Waals surface area contributed by atoms with Gasteiger partial charge < -0.3 is 18.9 Å². The lowest BCUT2D eigenvalue weighted by Crippen LogP contribution is -2.25. The molecule has 23 heavy (non-hydrogen) atoms. The zero-order valence-corrected chi connectivity index (χ0v) is 15.8. The fraction of sp³-hybridized carbons (Fsp3) is 0.588. The zero-order valence-electron chi connectivity index (χ0n) is 14.2. The first-order valence-corrected chi connectivity index (χ1v) is 8.72. The topological polar surface area (TPSA) is 54.0 Å². The zero-order chi connectivity index (χ0) is 17.2. The lowest BCUT2D eigenvalue weighted by atomic mass is 10.0. The Labute approximate surface area is 146 Å². The first-order chi connectivity index (χ1) is 11.1. The van der Waals surface area contributed by atoms with Gasteiger partial charge in [0.15, 0.2) is 6.29 Å². The first kappa shape index (κ1) is 19.9. The minimum absolute atomic E-state index is 0.252. The fourth-order valence-electron chi connectivity index (χ4n) is 2.13. The van der Waals surface area contributed by atoms with Crippen LogP contribution in [0.15, 0.2) is 16.6 Å². The molecule has 0 heterocycles. The molecule has 0 unspecified atom stereocenters. The maximum absolute atomic E-state index is 12.1. The van der Waals surface area contributed by atoms with Crippen LogP contribution in [0, 0.1) is 0 Å². The van der Waals surface area contributed by atoms with Crippen LogP contribution in [0.25, 0.3) is 0 Å². The summed E-state index contributed by atoms with van der Waals surface area (Å²) in [6.07, 6.45) is 0.288. The van der Waals surface area contributed by atoms with Crippen LogP contribution >= 0.6 is 15.9 Å². The van der Waals surface area contributed by atoms with Crippen LogP contribution < -0.4 is 4.74 Å². The van der Waals surface area contributed by atoms with Gasteiger partial charge in [0.1, 0.15) is 12.4 Å². The molecule has 0 fully saturated rings. The molecule has 5 nitrogen and oxygen atoms in total. The highest BCUT2D eigenvalue weighted by Crippen LogP contribution is 2.28. The van der Waals surface area contributed by atoms with Gasteiger partial charge in [0, 0.05) is 17.7 Å². The fourth-order valence-corrected chi connectivity index (χ4v) is 2.85. The summed E-state index contributed by atoms with van der Waals surface area (Å²) in [6, 6.07) is 3.55. The van der Waals surface area contributed by atoms with Crippen molar-refractivity contribution in [1.29, 1.82) is 0 Å². The number of benzene rings is 1. The Morgan fingerprint density at radius 1 is 1.09 bits per heavy atom. The van der Waals surface area contributed by atoms with Gasteiger partial charge in [0.2, 0.25) is 0 Å². The van der Waals surface area contributed by atoms with Crippen molar-refractivity contribution in [3.63, 3.8) is 0 Å². The molecule has 1 aromatic carbocycles. The number of esters is 1. The summed E-state index contributed by atoms with van der Waals surface area (Å²) < 4.78 is 22.6. The molecule has 1 aromatic rings. The van der Waals surface area contributed by atoms with Gasteiger partial charge in [-0.05, 0) is 44.9 Å². The second kappa shape index (κ2) is 10.6. The van der Waals surface area contributed by atoms with Gasteiger partial charge in [0.25, 0.3) is 0 Å². The Balaban J connectivity index is 2.92. The van der Waals surface area contributed by atoms with Crippen molar-refractivity contribution in [3.8, 4) is 5.75 Å². The van der Waals surface area contributed by atoms with Crippen LogP contribution in [0.5, 0.6) is 5.75 Å². The van der Waals surface area contributed by atoms with E-state index >= 15 is 0 Å². The maximum Gasteiger partial charge on any atom is 0.338 e. The Hall–Kier alpha value is -1.11. The maximum atomic E-state index is 12.1. The Kier molecular flexibility index (Phi) is 9.21. The quantitative estimate of drug-likeness (QED) is 0.448. The molecule has 0 aliphatic carbocycles. The summed E-state index contributed by atoms with van der Waals surface area (Å²) >= 11 is 3.50. The first-order valence-electron chi connectivity index (χ1n) is 7.92. The summed E-state index contributed by atoms with van der Waals surface area (Å²) in [5.74, 6) is 0.225. The van der Waals surface area contributed by atoms with Gasteiger partial charge in [-0.3, -0.25) is 0 Å². The van der Waals surface area contributed by atoms with E-state index in [2.05, 4.69) is 15.9 Å². The van der Waals surface area contributed by atoms with Gasteiger partial charge in [-0.15, -0.1) is 0 Å². The molecule has 0 saturated heterocycles. The van der Waals surface area contributed by atoms with Crippen LogP contribution in [0.4, 0.5) is 0 Å². The largest absolute Gasteiger partial charge is 0.488 e. The highest BCUT2D eigenvalue weighted by Gasteiger charge is 2.17. The standard InChI is InChI=1S/C17H25BrO5/c1-5-13-14(17(19)22-8-4)9-12(10-15(13)18)23-11-16(20-6-2)21-7-3/h9-10,16H,5-8,11H2,1-4H3. The van der Waals surface area contributed by atoms with E-state index in [4.69, 9.17) is 18.9 Å².